The smallest absolute Gasteiger partial charge is 0.120 e. The van der Waals surface area contributed by atoms with Gasteiger partial charge in [0.15, 0.2) is 0 Å². The first-order valence-corrected chi connectivity index (χ1v) is 7.38. The number of anilines is 1. The second-order valence-corrected chi connectivity index (χ2v) is 4.89. The van der Waals surface area contributed by atoms with Gasteiger partial charge in [-0.15, -0.1) is 42.6 Å². The van der Waals surface area contributed by atoms with Crippen molar-refractivity contribution < 1.29 is 20.1 Å². The van der Waals surface area contributed by atoms with Crippen molar-refractivity contribution in [3.63, 3.8) is 0 Å². The molecule has 2 aromatic heterocycles. The zero-order valence-electron chi connectivity index (χ0n) is 13.5. The number of rotatable bonds is 2. The number of hydrazone groups is 1. The van der Waals surface area contributed by atoms with Gasteiger partial charge in [-0.25, -0.2) is 4.98 Å². The topological polar surface area (TPSA) is 57.5 Å². The molecule has 6 nitrogen and oxygen atoms in total. The Morgan fingerprint density at radius 3 is 2.28 bits per heavy atom. The molecule has 0 atom stereocenters. The summed E-state index contributed by atoms with van der Waals surface area (Å²) in [4.78, 5) is 14.2. The predicted molar refractivity (Wildman–Crippen MR) is 93.6 cm³/mol. The van der Waals surface area contributed by atoms with Crippen LogP contribution in [0.1, 0.15) is 0 Å². The third-order valence-corrected chi connectivity index (χ3v) is 3.05. The largest absolute Gasteiger partial charge is 0.493 e. The average Bonchev–Trinajstić information content (AvgIpc) is 3.11. The van der Waals surface area contributed by atoms with E-state index in [9.17, 15) is 0 Å². The molecule has 0 spiro atoms. The standard InChI is InChI=1S/C10H7N2.C8H9N4.Ir/c1-2-5-9(6-3-1)10-11-7-4-8-12-10;1-11-6-10-12(7-11)8-4-2-3-5-9-8;/h1-5,7-8H;2-7H,1H3;/q2*-1;. The zero-order valence-corrected chi connectivity index (χ0v) is 15.9. The van der Waals surface area contributed by atoms with Gasteiger partial charge in [-0.05, 0) is 25.2 Å². The number of pyridine rings is 1. The summed E-state index contributed by atoms with van der Waals surface area (Å²) in [6.45, 7) is 1.86. The Balaban J connectivity index is 0.000000173. The Bertz CT molecular complexity index is 730. The van der Waals surface area contributed by atoms with E-state index in [1.807, 2.05) is 61.1 Å². The van der Waals surface area contributed by atoms with Gasteiger partial charge in [-0.1, -0.05) is 6.07 Å². The fourth-order valence-corrected chi connectivity index (χ4v) is 1.95. The molecule has 25 heavy (non-hydrogen) atoms. The van der Waals surface area contributed by atoms with E-state index in [1.54, 1.807) is 36.0 Å². The van der Waals surface area contributed by atoms with Gasteiger partial charge in [-0.3, -0.25) is 9.97 Å². The minimum atomic E-state index is 0. The van der Waals surface area contributed by atoms with E-state index in [4.69, 9.17) is 0 Å². The molecule has 3 heterocycles. The van der Waals surface area contributed by atoms with E-state index >= 15 is 0 Å². The summed E-state index contributed by atoms with van der Waals surface area (Å²) in [7, 11) is 1.92. The molecule has 1 aromatic carbocycles. The first kappa shape index (κ1) is 18.7. The van der Waals surface area contributed by atoms with Gasteiger partial charge in [0.2, 0.25) is 0 Å². The Hall–Kier alpha value is -2.63. The van der Waals surface area contributed by atoms with E-state index in [2.05, 4.69) is 26.1 Å². The SMILES string of the molecule is CN1C=NN(c2ccccn2)[CH-]1.[Ir].[c-]1ccccc1-c1ncccn1. The van der Waals surface area contributed by atoms with Gasteiger partial charge in [0.25, 0.3) is 0 Å². The van der Waals surface area contributed by atoms with Crippen molar-refractivity contribution in [2.24, 2.45) is 5.10 Å². The van der Waals surface area contributed by atoms with Crippen molar-refractivity contribution >= 4 is 12.2 Å². The third-order valence-electron chi connectivity index (χ3n) is 3.05. The van der Waals surface area contributed by atoms with Crippen molar-refractivity contribution in [3.8, 4) is 11.4 Å². The molecule has 3 aromatic rings. The fourth-order valence-electron chi connectivity index (χ4n) is 1.95. The molecule has 0 unspecified atom stereocenters. The molecule has 0 aliphatic carbocycles. The molecule has 0 bridgehead atoms. The molecule has 0 saturated heterocycles. The van der Waals surface area contributed by atoms with E-state index < -0.39 is 0 Å². The van der Waals surface area contributed by atoms with Gasteiger partial charge < -0.3 is 9.91 Å². The summed E-state index contributed by atoms with van der Waals surface area (Å²) < 4.78 is 0. The molecule has 129 valence electrons. The molecule has 1 aliphatic heterocycles. The molecule has 0 fully saturated rings. The molecule has 0 amide bonds. The zero-order chi connectivity index (χ0) is 16.6. The minimum Gasteiger partial charge on any atom is -0.493 e. The van der Waals surface area contributed by atoms with Crippen molar-refractivity contribution in [1.29, 1.82) is 0 Å². The maximum atomic E-state index is 4.15. The van der Waals surface area contributed by atoms with Crippen LogP contribution in [0.4, 0.5) is 5.82 Å². The second kappa shape index (κ2) is 9.61. The monoisotopic (exact) mass is 509 g/mol. The summed E-state index contributed by atoms with van der Waals surface area (Å²) in [5, 5.41) is 5.83. The van der Waals surface area contributed by atoms with Gasteiger partial charge in [0.05, 0.1) is 12.2 Å². The molecular formula is C18H16IrN6-2. The number of benzene rings is 1. The van der Waals surface area contributed by atoms with Crippen LogP contribution in [0.3, 0.4) is 0 Å². The summed E-state index contributed by atoms with van der Waals surface area (Å²) in [6.07, 6.45) is 6.93. The molecule has 1 aliphatic rings. The molecule has 0 N–H and O–H groups in total. The summed E-state index contributed by atoms with van der Waals surface area (Å²) in [6, 6.07) is 18.2. The third kappa shape index (κ3) is 5.45. The number of hydrogen-bond acceptors (Lipinski definition) is 6. The van der Waals surface area contributed by atoms with Crippen molar-refractivity contribution in [2.45, 2.75) is 0 Å². The molecular weight excluding hydrogens is 492 g/mol. The van der Waals surface area contributed by atoms with E-state index in [1.165, 1.54) is 0 Å². The van der Waals surface area contributed by atoms with Gasteiger partial charge in [0, 0.05) is 38.7 Å². The van der Waals surface area contributed by atoms with E-state index in [0.717, 1.165) is 17.2 Å². The fraction of sp³-hybridized carbons (Fsp3) is 0.0556. The summed E-state index contributed by atoms with van der Waals surface area (Å²) >= 11 is 0. The van der Waals surface area contributed by atoms with Crippen LogP contribution in [-0.2, 0) is 20.1 Å². The van der Waals surface area contributed by atoms with Crippen LogP contribution in [0, 0.1) is 12.7 Å². The first-order valence-electron chi connectivity index (χ1n) is 7.38. The van der Waals surface area contributed by atoms with Gasteiger partial charge in [-0.2, -0.15) is 5.10 Å². The Kier molecular flexibility index (Phi) is 7.19. The van der Waals surface area contributed by atoms with Crippen molar-refractivity contribution in [1.82, 2.24) is 19.9 Å². The van der Waals surface area contributed by atoms with Crippen LogP contribution in [0.5, 0.6) is 0 Å². The molecule has 4 rings (SSSR count). The predicted octanol–water partition coefficient (Wildman–Crippen LogP) is 2.84. The Morgan fingerprint density at radius 2 is 1.68 bits per heavy atom. The molecule has 7 heteroatoms. The average molecular weight is 509 g/mol. The first-order chi connectivity index (χ1) is 11.8. The Morgan fingerprint density at radius 1 is 0.920 bits per heavy atom. The minimum absolute atomic E-state index is 0. The molecule has 0 saturated carbocycles. The number of nitrogens with zero attached hydrogens (tertiary/aromatic N) is 6. The maximum Gasteiger partial charge on any atom is 0.120 e. The van der Waals surface area contributed by atoms with Crippen LogP contribution < -0.4 is 5.01 Å². The van der Waals surface area contributed by atoms with Crippen LogP contribution in [0.2, 0.25) is 0 Å². The maximum absolute atomic E-state index is 4.15. The quantitative estimate of drug-likeness (QED) is 0.499. The second-order valence-electron chi connectivity index (χ2n) is 4.89. The van der Waals surface area contributed by atoms with Crippen molar-refractivity contribution in [2.75, 3.05) is 12.1 Å². The normalized spacial score (nSPS) is 12.2. The summed E-state index contributed by atoms with van der Waals surface area (Å²) in [5.41, 5.74) is 0.929. The van der Waals surface area contributed by atoms with Crippen LogP contribution in [0.15, 0.2) is 72.2 Å². The van der Waals surface area contributed by atoms with Gasteiger partial charge >= 0.3 is 0 Å². The van der Waals surface area contributed by atoms with Crippen LogP contribution >= 0.6 is 0 Å². The number of aromatic nitrogens is 3. The summed E-state index contributed by atoms with van der Waals surface area (Å²) in [5.74, 6) is 1.55. The van der Waals surface area contributed by atoms with Crippen molar-refractivity contribution in [3.05, 3.63) is 79.9 Å². The van der Waals surface area contributed by atoms with Crippen LogP contribution in [-0.4, -0.2) is 33.2 Å². The van der Waals surface area contributed by atoms with E-state index in [0.29, 0.717) is 0 Å². The Labute approximate surface area is 160 Å². The number of hydrogen-bond donors (Lipinski definition) is 0. The molecule has 1 radical (unpaired) electrons. The van der Waals surface area contributed by atoms with Crippen LogP contribution in [0.25, 0.3) is 11.4 Å². The van der Waals surface area contributed by atoms with E-state index in [-0.39, 0.29) is 20.1 Å². The van der Waals surface area contributed by atoms with Gasteiger partial charge in [0.1, 0.15) is 5.82 Å².